The zero-order valence-electron chi connectivity index (χ0n) is 16.0. The quantitative estimate of drug-likeness (QED) is 0.553. The van der Waals surface area contributed by atoms with Crippen LogP contribution in [0.2, 0.25) is 0 Å². The highest BCUT2D eigenvalue weighted by Crippen LogP contribution is 2.31. The summed E-state index contributed by atoms with van der Waals surface area (Å²) in [7, 11) is 1.60. The van der Waals surface area contributed by atoms with Gasteiger partial charge in [0.25, 0.3) is 5.91 Å². The first-order valence-electron chi connectivity index (χ1n) is 8.90. The van der Waals surface area contributed by atoms with E-state index in [-0.39, 0.29) is 12.5 Å². The van der Waals surface area contributed by atoms with Crippen molar-refractivity contribution < 1.29 is 23.8 Å². The number of aliphatic imine (C=N–C) groups is 1. The van der Waals surface area contributed by atoms with Gasteiger partial charge in [0.1, 0.15) is 11.5 Å². The number of carbonyl (C=O) groups is 2. The van der Waals surface area contributed by atoms with Gasteiger partial charge in [-0.05, 0) is 55.1 Å². The average molecular weight is 412 g/mol. The van der Waals surface area contributed by atoms with E-state index in [0.717, 1.165) is 5.75 Å². The van der Waals surface area contributed by atoms with Gasteiger partial charge in [0.2, 0.25) is 0 Å². The van der Waals surface area contributed by atoms with Crippen LogP contribution >= 0.6 is 11.8 Å². The van der Waals surface area contributed by atoms with E-state index in [2.05, 4.69) is 10.3 Å². The molecule has 7 nitrogen and oxygen atoms in total. The van der Waals surface area contributed by atoms with Gasteiger partial charge >= 0.3 is 5.97 Å². The lowest BCUT2D eigenvalue weighted by Gasteiger charge is -2.08. The summed E-state index contributed by atoms with van der Waals surface area (Å²) in [6, 6.07) is 14.4. The summed E-state index contributed by atoms with van der Waals surface area (Å²) in [6.45, 7) is 1.83. The van der Waals surface area contributed by atoms with Crippen LogP contribution in [-0.2, 0) is 14.3 Å². The van der Waals surface area contributed by atoms with Crippen molar-refractivity contribution in [1.82, 2.24) is 5.32 Å². The predicted molar refractivity (Wildman–Crippen MR) is 112 cm³/mol. The molecule has 29 heavy (non-hydrogen) atoms. The second kappa shape index (κ2) is 9.79. The molecule has 3 rings (SSSR count). The first-order chi connectivity index (χ1) is 14.1. The van der Waals surface area contributed by atoms with Crippen molar-refractivity contribution in [2.24, 2.45) is 4.99 Å². The Morgan fingerprint density at radius 2 is 1.93 bits per heavy atom. The number of ether oxygens (including phenoxy) is 3. The third-order valence-electron chi connectivity index (χ3n) is 3.81. The smallest absolute Gasteiger partial charge is 0.344 e. The van der Waals surface area contributed by atoms with Crippen LogP contribution in [0, 0.1) is 0 Å². The molecule has 150 valence electrons. The standard InChI is InChI=1S/C21H20N2O5S/c1-3-27-19(24)13-28-17-7-5-4-6-14(17)12-18-20(25)23-21(29-18)22-15-8-10-16(26-2)11-9-15/h4-12H,3,13H2,1-2H3,(H,22,23,25)/b18-12+. The number of amides is 1. The number of methoxy groups -OCH3 is 1. The summed E-state index contributed by atoms with van der Waals surface area (Å²) < 4.78 is 15.5. The summed E-state index contributed by atoms with van der Waals surface area (Å²) in [5, 5.41) is 3.23. The molecule has 1 N–H and O–H groups in total. The topological polar surface area (TPSA) is 86.2 Å². The van der Waals surface area contributed by atoms with E-state index in [9.17, 15) is 9.59 Å². The molecule has 0 bridgehead atoms. The zero-order chi connectivity index (χ0) is 20.6. The number of benzene rings is 2. The van der Waals surface area contributed by atoms with Crippen LogP contribution in [-0.4, -0.2) is 37.4 Å². The van der Waals surface area contributed by atoms with Crippen molar-refractivity contribution >= 4 is 40.6 Å². The maximum Gasteiger partial charge on any atom is 0.344 e. The number of carbonyl (C=O) groups excluding carboxylic acids is 2. The van der Waals surface area contributed by atoms with Crippen molar-refractivity contribution in [2.45, 2.75) is 6.92 Å². The lowest BCUT2D eigenvalue weighted by Crippen LogP contribution is -2.19. The highest BCUT2D eigenvalue weighted by molar-refractivity contribution is 8.18. The molecular weight excluding hydrogens is 392 g/mol. The van der Waals surface area contributed by atoms with E-state index in [1.165, 1.54) is 11.8 Å². The number of nitrogens with zero attached hydrogens (tertiary/aromatic N) is 1. The maximum atomic E-state index is 12.3. The summed E-state index contributed by atoms with van der Waals surface area (Å²) in [5.41, 5.74) is 1.38. The van der Waals surface area contributed by atoms with Crippen LogP contribution in [0.1, 0.15) is 12.5 Å². The second-order valence-electron chi connectivity index (χ2n) is 5.81. The van der Waals surface area contributed by atoms with Gasteiger partial charge in [-0.3, -0.25) is 4.79 Å². The van der Waals surface area contributed by atoms with E-state index >= 15 is 0 Å². The number of para-hydroxylation sites is 1. The Bertz CT molecular complexity index is 954. The molecule has 0 unspecified atom stereocenters. The summed E-state index contributed by atoms with van der Waals surface area (Å²) in [4.78, 5) is 28.8. The highest BCUT2D eigenvalue weighted by atomic mass is 32.2. The van der Waals surface area contributed by atoms with Crippen LogP contribution in [0.3, 0.4) is 0 Å². The summed E-state index contributed by atoms with van der Waals surface area (Å²) in [6.07, 6.45) is 1.71. The Hall–Kier alpha value is -3.26. The molecule has 0 saturated carbocycles. The van der Waals surface area contributed by atoms with Gasteiger partial charge in [-0.15, -0.1) is 0 Å². The molecule has 1 amide bonds. The SMILES string of the molecule is CCOC(=O)COc1ccccc1/C=C1/SC(=Nc2ccc(OC)cc2)NC1=O. The normalized spacial score (nSPS) is 16.0. The molecule has 0 atom stereocenters. The number of nitrogens with one attached hydrogen (secondary N) is 1. The lowest BCUT2D eigenvalue weighted by molar-refractivity contribution is -0.145. The molecule has 0 radical (unpaired) electrons. The number of hydrogen-bond donors (Lipinski definition) is 1. The number of rotatable bonds is 7. The minimum Gasteiger partial charge on any atom is -0.497 e. The van der Waals surface area contributed by atoms with E-state index < -0.39 is 5.97 Å². The fourth-order valence-corrected chi connectivity index (χ4v) is 3.30. The number of amidine groups is 1. The number of thioether (sulfide) groups is 1. The molecular formula is C21H20N2O5S. The van der Waals surface area contributed by atoms with Crippen LogP contribution in [0.15, 0.2) is 58.4 Å². The Labute approximate surface area is 172 Å². The number of hydrogen-bond acceptors (Lipinski definition) is 7. The molecule has 0 aromatic heterocycles. The van der Waals surface area contributed by atoms with E-state index in [1.54, 1.807) is 62.6 Å². The predicted octanol–water partition coefficient (Wildman–Crippen LogP) is 3.53. The van der Waals surface area contributed by atoms with E-state index in [4.69, 9.17) is 14.2 Å². The summed E-state index contributed by atoms with van der Waals surface area (Å²) in [5.74, 6) is 0.526. The van der Waals surface area contributed by atoms with Gasteiger partial charge in [0.15, 0.2) is 11.8 Å². The third-order valence-corrected chi connectivity index (χ3v) is 4.72. The van der Waals surface area contributed by atoms with Crippen LogP contribution < -0.4 is 14.8 Å². The molecule has 1 aliphatic rings. The fraction of sp³-hybridized carbons (Fsp3) is 0.190. The van der Waals surface area contributed by atoms with E-state index in [0.29, 0.717) is 33.7 Å². The molecule has 2 aromatic rings. The first-order valence-corrected chi connectivity index (χ1v) is 9.71. The Morgan fingerprint density at radius 1 is 1.17 bits per heavy atom. The zero-order valence-corrected chi connectivity index (χ0v) is 16.8. The van der Waals surface area contributed by atoms with Gasteiger partial charge in [-0.2, -0.15) is 0 Å². The Kier molecular flexibility index (Phi) is 6.91. The van der Waals surface area contributed by atoms with Crippen molar-refractivity contribution in [3.05, 3.63) is 59.0 Å². The van der Waals surface area contributed by atoms with Crippen LogP contribution in [0.5, 0.6) is 11.5 Å². The van der Waals surface area contributed by atoms with Gasteiger partial charge in [-0.1, -0.05) is 18.2 Å². The molecule has 0 aliphatic carbocycles. The fourth-order valence-electron chi connectivity index (χ4n) is 2.47. The Morgan fingerprint density at radius 3 is 2.66 bits per heavy atom. The third kappa shape index (κ3) is 5.61. The molecule has 1 saturated heterocycles. The van der Waals surface area contributed by atoms with Crippen LogP contribution in [0.25, 0.3) is 6.08 Å². The Balaban J connectivity index is 1.74. The number of esters is 1. The lowest BCUT2D eigenvalue weighted by atomic mass is 10.2. The molecule has 1 fully saturated rings. The van der Waals surface area contributed by atoms with Crippen molar-refractivity contribution in [2.75, 3.05) is 20.3 Å². The van der Waals surface area contributed by atoms with Gasteiger partial charge in [0.05, 0.1) is 24.3 Å². The van der Waals surface area contributed by atoms with Gasteiger partial charge < -0.3 is 19.5 Å². The molecule has 2 aromatic carbocycles. The minimum absolute atomic E-state index is 0.197. The largest absolute Gasteiger partial charge is 0.497 e. The summed E-state index contributed by atoms with van der Waals surface area (Å²) >= 11 is 1.23. The molecule has 1 aliphatic heterocycles. The first kappa shape index (κ1) is 20.5. The molecule has 8 heteroatoms. The average Bonchev–Trinajstić information content (AvgIpc) is 3.07. The van der Waals surface area contributed by atoms with Gasteiger partial charge in [0, 0.05) is 5.56 Å². The second-order valence-corrected chi connectivity index (χ2v) is 6.84. The van der Waals surface area contributed by atoms with Crippen LogP contribution in [0.4, 0.5) is 5.69 Å². The maximum absolute atomic E-state index is 12.3. The van der Waals surface area contributed by atoms with Crippen molar-refractivity contribution in [3.8, 4) is 11.5 Å². The molecule has 0 spiro atoms. The minimum atomic E-state index is -0.447. The van der Waals surface area contributed by atoms with E-state index in [1.807, 2.05) is 6.07 Å². The van der Waals surface area contributed by atoms with Crippen molar-refractivity contribution in [3.63, 3.8) is 0 Å². The van der Waals surface area contributed by atoms with Gasteiger partial charge in [-0.25, -0.2) is 9.79 Å². The monoisotopic (exact) mass is 412 g/mol. The molecule has 1 heterocycles. The highest BCUT2D eigenvalue weighted by Gasteiger charge is 2.24. The van der Waals surface area contributed by atoms with Crippen molar-refractivity contribution in [1.29, 1.82) is 0 Å².